The molecule has 3 N–H and O–H groups in total. The standard InChI is InChI=1S/C21H20N4O2.ClH/c26-20(14-10-22-11-14)24-15-5-3-13(4-6-15)18-12-25-9-1-2-17-19(25)16(18)7-8-23-21(17)27;/h1-6,9,12,14,22H,7-8,10-11H2,(H,23,27)(H,24,26);1H. The predicted molar refractivity (Wildman–Crippen MR) is 111 cm³/mol. The Labute approximate surface area is 168 Å². The number of nitrogens with zero attached hydrogens (tertiary/aromatic N) is 1. The average molecular weight is 397 g/mol. The number of anilines is 1. The van der Waals surface area contributed by atoms with Crippen molar-refractivity contribution in [1.29, 1.82) is 0 Å². The van der Waals surface area contributed by atoms with E-state index in [1.54, 1.807) is 0 Å². The van der Waals surface area contributed by atoms with E-state index < -0.39 is 0 Å². The lowest BCUT2D eigenvalue weighted by Crippen LogP contribution is -2.48. The lowest BCUT2D eigenvalue weighted by Gasteiger charge is -2.25. The molecule has 5 rings (SSSR count). The van der Waals surface area contributed by atoms with Crippen LogP contribution >= 0.6 is 12.4 Å². The van der Waals surface area contributed by atoms with Gasteiger partial charge in [-0.1, -0.05) is 12.1 Å². The first-order valence-corrected chi connectivity index (χ1v) is 9.23. The van der Waals surface area contributed by atoms with Crippen molar-refractivity contribution in [2.45, 2.75) is 6.42 Å². The Kier molecular flexibility index (Phi) is 4.83. The topological polar surface area (TPSA) is 74.6 Å². The molecule has 2 aromatic heterocycles. The highest BCUT2D eigenvalue weighted by Gasteiger charge is 2.25. The summed E-state index contributed by atoms with van der Waals surface area (Å²) < 4.78 is 2.03. The van der Waals surface area contributed by atoms with Gasteiger partial charge in [-0.2, -0.15) is 0 Å². The summed E-state index contributed by atoms with van der Waals surface area (Å²) in [6.45, 7) is 2.13. The van der Waals surface area contributed by atoms with E-state index in [9.17, 15) is 9.59 Å². The number of carbonyl (C=O) groups excluding carboxylic acids is 2. The van der Waals surface area contributed by atoms with Crippen LogP contribution in [0.25, 0.3) is 16.6 Å². The van der Waals surface area contributed by atoms with Gasteiger partial charge in [0.1, 0.15) is 0 Å². The van der Waals surface area contributed by atoms with Gasteiger partial charge in [0.05, 0.1) is 17.0 Å². The molecule has 6 nitrogen and oxygen atoms in total. The van der Waals surface area contributed by atoms with Gasteiger partial charge in [-0.3, -0.25) is 9.59 Å². The Balaban J connectivity index is 0.00000192. The van der Waals surface area contributed by atoms with Crippen LogP contribution in [-0.4, -0.2) is 35.8 Å². The molecule has 7 heteroatoms. The number of halogens is 1. The first kappa shape index (κ1) is 18.5. The van der Waals surface area contributed by atoms with E-state index in [0.29, 0.717) is 12.1 Å². The van der Waals surface area contributed by atoms with Gasteiger partial charge in [-0.15, -0.1) is 12.4 Å². The van der Waals surface area contributed by atoms with Crippen LogP contribution in [0.3, 0.4) is 0 Å². The molecular weight excluding hydrogens is 376 g/mol. The Bertz CT molecular complexity index is 1050. The molecule has 0 atom stereocenters. The van der Waals surface area contributed by atoms with Gasteiger partial charge in [-0.05, 0) is 41.8 Å². The molecule has 1 fully saturated rings. The highest BCUT2D eigenvalue weighted by Crippen LogP contribution is 2.32. The number of benzene rings is 1. The minimum atomic E-state index is -0.0208. The predicted octanol–water partition coefficient (Wildman–Crippen LogP) is 2.47. The van der Waals surface area contributed by atoms with E-state index in [-0.39, 0.29) is 30.1 Å². The third kappa shape index (κ3) is 3.04. The molecule has 1 aromatic carbocycles. The zero-order valence-corrected chi connectivity index (χ0v) is 16.0. The highest BCUT2D eigenvalue weighted by atomic mass is 35.5. The lowest BCUT2D eigenvalue weighted by atomic mass is 10.00. The maximum atomic E-state index is 12.3. The van der Waals surface area contributed by atoms with Crippen molar-refractivity contribution in [2.24, 2.45) is 5.92 Å². The molecule has 0 aliphatic carbocycles. The number of hydrogen-bond acceptors (Lipinski definition) is 3. The number of rotatable bonds is 3. The van der Waals surface area contributed by atoms with Crippen LogP contribution < -0.4 is 16.0 Å². The summed E-state index contributed by atoms with van der Waals surface area (Å²) in [6, 6.07) is 11.7. The molecule has 2 amide bonds. The van der Waals surface area contributed by atoms with Crippen LogP contribution in [0.1, 0.15) is 15.9 Å². The van der Waals surface area contributed by atoms with Crippen molar-refractivity contribution in [2.75, 3.05) is 25.0 Å². The van der Waals surface area contributed by atoms with Gasteiger partial charge in [0.25, 0.3) is 5.91 Å². The van der Waals surface area contributed by atoms with Crippen LogP contribution in [-0.2, 0) is 11.2 Å². The number of pyridine rings is 1. The van der Waals surface area contributed by atoms with Crippen LogP contribution in [0, 0.1) is 5.92 Å². The van der Waals surface area contributed by atoms with Crippen molar-refractivity contribution in [3.8, 4) is 11.1 Å². The van der Waals surface area contributed by atoms with E-state index in [1.165, 1.54) is 5.56 Å². The van der Waals surface area contributed by atoms with E-state index in [1.807, 2.05) is 47.0 Å². The smallest absolute Gasteiger partial charge is 0.253 e. The van der Waals surface area contributed by atoms with Crippen LogP contribution in [0.15, 0.2) is 48.8 Å². The summed E-state index contributed by atoms with van der Waals surface area (Å²) in [5, 5.41) is 9.05. The highest BCUT2D eigenvalue weighted by molar-refractivity contribution is 6.03. The third-order valence-electron chi connectivity index (χ3n) is 5.42. The lowest BCUT2D eigenvalue weighted by molar-refractivity contribution is -0.121. The number of aromatic nitrogens is 1. The van der Waals surface area contributed by atoms with E-state index >= 15 is 0 Å². The SMILES string of the molecule is Cl.O=C1NCCc2c(-c3ccc(NC(=O)C4CNC4)cc3)cn3cccc1c23. The van der Waals surface area contributed by atoms with Crippen molar-refractivity contribution < 1.29 is 9.59 Å². The van der Waals surface area contributed by atoms with Gasteiger partial charge >= 0.3 is 0 Å². The summed E-state index contributed by atoms with van der Waals surface area (Å²) in [6.07, 6.45) is 4.85. The van der Waals surface area contributed by atoms with Crippen molar-refractivity contribution in [1.82, 2.24) is 15.0 Å². The maximum Gasteiger partial charge on any atom is 0.253 e. The molecule has 1 saturated heterocycles. The Morgan fingerprint density at radius 1 is 1.11 bits per heavy atom. The van der Waals surface area contributed by atoms with E-state index in [4.69, 9.17) is 0 Å². The second-order valence-electron chi connectivity index (χ2n) is 7.13. The van der Waals surface area contributed by atoms with Gasteiger partial charge in [0, 0.05) is 43.3 Å². The molecule has 4 heterocycles. The number of amides is 2. The fourth-order valence-corrected chi connectivity index (χ4v) is 3.83. The van der Waals surface area contributed by atoms with Gasteiger partial charge in [0.2, 0.25) is 5.91 Å². The Hall–Kier alpha value is -2.83. The molecule has 0 radical (unpaired) electrons. The van der Waals surface area contributed by atoms with Crippen LogP contribution in [0.2, 0.25) is 0 Å². The van der Waals surface area contributed by atoms with Gasteiger partial charge in [-0.25, -0.2) is 0 Å². The summed E-state index contributed by atoms with van der Waals surface area (Å²) >= 11 is 0. The number of hydrogen-bond donors (Lipinski definition) is 3. The molecule has 144 valence electrons. The van der Waals surface area contributed by atoms with Gasteiger partial charge < -0.3 is 20.4 Å². The molecule has 0 spiro atoms. The quantitative estimate of drug-likeness (QED) is 0.636. The van der Waals surface area contributed by atoms with Crippen molar-refractivity contribution >= 4 is 35.4 Å². The normalized spacial score (nSPS) is 15.9. The fraction of sp³-hybridized carbons (Fsp3) is 0.238. The van der Waals surface area contributed by atoms with Gasteiger partial charge in [0.15, 0.2) is 0 Å². The minimum Gasteiger partial charge on any atom is -0.352 e. The molecule has 0 bridgehead atoms. The molecule has 28 heavy (non-hydrogen) atoms. The zero-order chi connectivity index (χ0) is 18.4. The van der Waals surface area contributed by atoms with E-state index in [2.05, 4.69) is 22.1 Å². The first-order valence-electron chi connectivity index (χ1n) is 9.23. The molecule has 0 saturated carbocycles. The second kappa shape index (κ2) is 7.30. The average Bonchev–Trinajstić information content (AvgIpc) is 2.90. The molecule has 0 unspecified atom stereocenters. The first-order chi connectivity index (χ1) is 13.2. The number of nitrogens with one attached hydrogen (secondary N) is 3. The fourth-order valence-electron chi connectivity index (χ4n) is 3.83. The van der Waals surface area contributed by atoms with Crippen LogP contribution in [0.5, 0.6) is 0 Å². The van der Waals surface area contributed by atoms with Crippen molar-refractivity contribution in [3.63, 3.8) is 0 Å². The van der Waals surface area contributed by atoms with Crippen molar-refractivity contribution in [3.05, 3.63) is 59.9 Å². The maximum absolute atomic E-state index is 12.3. The number of carbonyl (C=O) groups is 2. The Morgan fingerprint density at radius 3 is 2.61 bits per heavy atom. The van der Waals surface area contributed by atoms with Crippen LogP contribution in [0.4, 0.5) is 5.69 Å². The minimum absolute atomic E-state index is 0. The molecular formula is C21H21ClN4O2. The summed E-state index contributed by atoms with van der Waals surface area (Å²) in [5.41, 5.74) is 5.90. The largest absolute Gasteiger partial charge is 0.352 e. The monoisotopic (exact) mass is 396 g/mol. The zero-order valence-electron chi connectivity index (χ0n) is 15.2. The Morgan fingerprint density at radius 2 is 1.89 bits per heavy atom. The third-order valence-corrected chi connectivity index (χ3v) is 5.42. The molecule has 3 aromatic rings. The van der Waals surface area contributed by atoms with E-state index in [0.717, 1.165) is 41.8 Å². The molecule has 2 aliphatic rings. The summed E-state index contributed by atoms with van der Waals surface area (Å²) in [7, 11) is 0. The second-order valence-corrected chi connectivity index (χ2v) is 7.13. The molecule has 2 aliphatic heterocycles. The summed E-state index contributed by atoms with van der Waals surface area (Å²) in [4.78, 5) is 24.4. The summed E-state index contributed by atoms with van der Waals surface area (Å²) in [5.74, 6) is 0.113.